The third kappa shape index (κ3) is 1.95. The van der Waals surface area contributed by atoms with Crippen LogP contribution in [0.15, 0.2) is 36.9 Å². The largest absolute Gasteiger partial charge is 0.324 e. The molecule has 1 nitrogen and oxygen atoms in total. The highest BCUT2D eigenvalue weighted by Gasteiger charge is 2.03. The molecule has 0 aliphatic rings. The first-order valence-electron chi connectivity index (χ1n) is 4.20. The summed E-state index contributed by atoms with van der Waals surface area (Å²) in [6.45, 7) is 5.72. The highest BCUT2D eigenvalue weighted by atomic mass is 14.6. The van der Waals surface area contributed by atoms with Crippen molar-refractivity contribution in [2.75, 3.05) is 0 Å². The fourth-order valence-electron chi connectivity index (χ4n) is 1.32. The lowest BCUT2D eigenvalue weighted by molar-refractivity contribution is 0.805. The number of allylic oxidation sites excluding steroid dienone is 1. The van der Waals surface area contributed by atoms with Gasteiger partial charge < -0.3 is 5.73 Å². The van der Waals surface area contributed by atoms with Crippen molar-refractivity contribution in [1.82, 2.24) is 0 Å². The summed E-state index contributed by atoms with van der Waals surface area (Å²) < 4.78 is 0. The lowest BCUT2D eigenvalue weighted by atomic mass is 10.00. The van der Waals surface area contributed by atoms with Gasteiger partial charge in [-0.25, -0.2) is 0 Å². The van der Waals surface area contributed by atoms with Crippen LogP contribution in [0.5, 0.6) is 0 Å². The molecule has 0 radical (unpaired) electrons. The molecule has 0 saturated heterocycles. The molecule has 0 aliphatic heterocycles. The van der Waals surface area contributed by atoms with Crippen molar-refractivity contribution in [1.29, 1.82) is 0 Å². The molecule has 1 atom stereocenters. The maximum atomic E-state index is 5.81. The molecular formula is C11H15N. The summed E-state index contributed by atoms with van der Waals surface area (Å²) in [5.41, 5.74) is 8.31. The Morgan fingerprint density at radius 2 is 2.17 bits per heavy atom. The second-order valence-corrected chi connectivity index (χ2v) is 2.98. The first-order chi connectivity index (χ1) is 5.75. The third-order valence-corrected chi connectivity index (χ3v) is 1.91. The van der Waals surface area contributed by atoms with E-state index in [0.29, 0.717) is 0 Å². The van der Waals surface area contributed by atoms with E-state index in [2.05, 4.69) is 18.7 Å². The lowest BCUT2D eigenvalue weighted by Gasteiger charge is -2.10. The van der Waals surface area contributed by atoms with E-state index in [9.17, 15) is 0 Å². The molecule has 1 heteroatoms. The molecule has 0 amide bonds. The van der Waals surface area contributed by atoms with Gasteiger partial charge in [-0.1, -0.05) is 30.3 Å². The predicted octanol–water partition coefficient (Wildman–Crippen LogP) is 2.43. The minimum Gasteiger partial charge on any atom is -0.324 e. The summed E-state index contributed by atoms with van der Waals surface area (Å²) in [5, 5.41) is 0. The number of nitrogens with two attached hydrogens (primary N) is 1. The molecule has 1 rings (SSSR count). The van der Waals surface area contributed by atoms with Crippen molar-refractivity contribution in [3.05, 3.63) is 48.0 Å². The van der Waals surface area contributed by atoms with Crippen molar-refractivity contribution >= 4 is 0 Å². The van der Waals surface area contributed by atoms with E-state index in [1.54, 1.807) is 0 Å². The number of hydrogen-bond donors (Lipinski definition) is 1. The number of benzene rings is 1. The van der Waals surface area contributed by atoms with Gasteiger partial charge in [-0.3, -0.25) is 0 Å². The highest BCUT2D eigenvalue weighted by Crippen LogP contribution is 2.15. The molecule has 1 aromatic rings. The van der Waals surface area contributed by atoms with Crippen LogP contribution in [0.3, 0.4) is 0 Å². The van der Waals surface area contributed by atoms with E-state index in [0.717, 1.165) is 6.42 Å². The van der Waals surface area contributed by atoms with E-state index in [1.165, 1.54) is 11.1 Å². The molecule has 0 spiro atoms. The molecule has 12 heavy (non-hydrogen) atoms. The van der Waals surface area contributed by atoms with E-state index < -0.39 is 0 Å². The van der Waals surface area contributed by atoms with Gasteiger partial charge in [0.2, 0.25) is 0 Å². The second-order valence-electron chi connectivity index (χ2n) is 2.98. The van der Waals surface area contributed by atoms with Crippen molar-refractivity contribution in [2.24, 2.45) is 5.73 Å². The smallest absolute Gasteiger partial charge is 0.0268 e. The predicted molar refractivity (Wildman–Crippen MR) is 52.9 cm³/mol. The van der Waals surface area contributed by atoms with Gasteiger partial charge in [0.25, 0.3) is 0 Å². The van der Waals surface area contributed by atoms with Crippen molar-refractivity contribution in [3.8, 4) is 0 Å². The Balaban J connectivity index is 2.99. The van der Waals surface area contributed by atoms with Crippen LogP contribution in [0.1, 0.15) is 24.1 Å². The SMILES string of the molecule is C=CCc1ccccc1[C@@H](C)N. The number of hydrogen-bond acceptors (Lipinski definition) is 1. The van der Waals surface area contributed by atoms with E-state index in [-0.39, 0.29) is 6.04 Å². The molecule has 0 saturated carbocycles. The normalized spacial score (nSPS) is 12.5. The fourth-order valence-corrected chi connectivity index (χ4v) is 1.32. The van der Waals surface area contributed by atoms with Crippen LogP contribution >= 0.6 is 0 Å². The molecular weight excluding hydrogens is 146 g/mol. The summed E-state index contributed by atoms with van der Waals surface area (Å²) in [6, 6.07) is 8.33. The zero-order valence-corrected chi connectivity index (χ0v) is 7.46. The zero-order chi connectivity index (χ0) is 8.97. The van der Waals surface area contributed by atoms with Crippen LogP contribution in [-0.2, 0) is 6.42 Å². The third-order valence-electron chi connectivity index (χ3n) is 1.91. The topological polar surface area (TPSA) is 26.0 Å². The van der Waals surface area contributed by atoms with Crippen molar-refractivity contribution in [2.45, 2.75) is 19.4 Å². The fraction of sp³-hybridized carbons (Fsp3) is 0.273. The first-order valence-corrected chi connectivity index (χ1v) is 4.20. The molecule has 0 heterocycles. The monoisotopic (exact) mass is 161 g/mol. The zero-order valence-electron chi connectivity index (χ0n) is 7.46. The highest BCUT2D eigenvalue weighted by molar-refractivity contribution is 5.30. The lowest BCUT2D eigenvalue weighted by Crippen LogP contribution is -2.07. The second kappa shape index (κ2) is 4.07. The summed E-state index contributed by atoms with van der Waals surface area (Å²) in [4.78, 5) is 0. The van der Waals surface area contributed by atoms with Crippen LogP contribution in [0.2, 0.25) is 0 Å². The van der Waals surface area contributed by atoms with E-state index in [4.69, 9.17) is 5.73 Å². The van der Waals surface area contributed by atoms with Crippen LogP contribution in [-0.4, -0.2) is 0 Å². The van der Waals surface area contributed by atoms with Gasteiger partial charge in [0.05, 0.1) is 0 Å². The van der Waals surface area contributed by atoms with Crippen LogP contribution in [0, 0.1) is 0 Å². The van der Waals surface area contributed by atoms with Crippen LogP contribution < -0.4 is 5.73 Å². The van der Waals surface area contributed by atoms with Gasteiger partial charge in [-0.2, -0.15) is 0 Å². The van der Waals surface area contributed by atoms with Gasteiger partial charge in [0.1, 0.15) is 0 Å². The van der Waals surface area contributed by atoms with Crippen LogP contribution in [0.4, 0.5) is 0 Å². The summed E-state index contributed by atoms with van der Waals surface area (Å²) in [6.07, 6.45) is 2.80. The van der Waals surface area contributed by atoms with Crippen molar-refractivity contribution < 1.29 is 0 Å². The van der Waals surface area contributed by atoms with Gasteiger partial charge in [0.15, 0.2) is 0 Å². The molecule has 0 bridgehead atoms. The van der Waals surface area contributed by atoms with Crippen molar-refractivity contribution in [3.63, 3.8) is 0 Å². The Bertz CT molecular complexity index is 263. The molecule has 1 aromatic carbocycles. The summed E-state index contributed by atoms with van der Waals surface area (Å²) in [5.74, 6) is 0. The summed E-state index contributed by atoms with van der Waals surface area (Å²) >= 11 is 0. The molecule has 0 aliphatic carbocycles. The van der Waals surface area contributed by atoms with Crippen LogP contribution in [0.25, 0.3) is 0 Å². The average Bonchev–Trinajstić information content (AvgIpc) is 2.05. The Morgan fingerprint density at radius 3 is 2.75 bits per heavy atom. The average molecular weight is 161 g/mol. The molecule has 0 unspecified atom stereocenters. The Kier molecular flexibility index (Phi) is 3.06. The molecule has 64 valence electrons. The minimum atomic E-state index is 0.112. The number of rotatable bonds is 3. The first kappa shape index (κ1) is 9.01. The van der Waals surface area contributed by atoms with E-state index in [1.807, 2.05) is 25.1 Å². The molecule has 2 N–H and O–H groups in total. The quantitative estimate of drug-likeness (QED) is 0.677. The Labute approximate surface area is 73.9 Å². The molecule has 0 aromatic heterocycles. The van der Waals surface area contributed by atoms with Gasteiger partial charge in [-0.15, -0.1) is 6.58 Å². The Hall–Kier alpha value is -1.08. The van der Waals surface area contributed by atoms with Gasteiger partial charge >= 0.3 is 0 Å². The summed E-state index contributed by atoms with van der Waals surface area (Å²) in [7, 11) is 0. The van der Waals surface area contributed by atoms with E-state index >= 15 is 0 Å². The molecule has 0 fully saturated rings. The standard InChI is InChI=1S/C11H15N/c1-3-6-10-7-4-5-8-11(10)9(2)12/h3-5,7-9H,1,6,12H2,2H3/t9-/m1/s1. The Morgan fingerprint density at radius 1 is 1.50 bits per heavy atom. The van der Waals surface area contributed by atoms with Gasteiger partial charge in [0, 0.05) is 6.04 Å². The van der Waals surface area contributed by atoms with Gasteiger partial charge in [-0.05, 0) is 24.5 Å². The maximum Gasteiger partial charge on any atom is 0.0268 e. The minimum absolute atomic E-state index is 0.112. The maximum absolute atomic E-state index is 5.81.